The number of benzene rings is 2. The van der Waals surface area contributed by atoms with E-state index in [1.54, 1.807) is 29.2 Å². The van der Waals surface area contributed by atoms with E-state index in [2.05, 4.69) is 5.32 Å². The maximum absolute atomic E-state index is 12.6. The Morgan fingerprint density at radius 1 is 1.09 bits per heavy atom. The Morgan fingerprint density at radius 3 is 2.25 bits per heavy atom. The Morgan fingerprint density at radius 2 is 1.69 bits per heavy atom. The normalized spacial score (nSPS) is 15.0. The number of carbonyl (C=O) groups is 3. The highest BCUT2D eigenvalue weighted by Gasteiger charge is 2.30. The third kappa shape index (κ3) is 5.82. The predicted molar refractivity (Wildman–Crippen MR) is 117 cm³/mol. The van der Waals surface area contributed by atoms with Crippen LogP contribution in [0.4, 0.5) is 11.4 Å². The molecule has 2 aromatic rings. The first-order valence-corrected chi connectivity index (χ1v) is 10.4. The molecule has 0 aliphatic carbocycles. The summed E-state index contributed by atoms with van der Waals surface area (Å²) in [5.74, 6) is -1.55. The molecule has 1 atom stereocenters. The van der Waals surface area contributed by atoms with Crippen LogP contribution in [0.3, 0.4) is 0 Å². The van der Waals surface area contributed by atoms with Crippen LogP contribution in [0.25, 0.3) is 0 Å². The van der Waals surface area contributed by atoms with E-state index in [0.717, 1.165) is 0 Å². The number of hydrogen-bond acceptors (Lipinski definition) is 6. The van der Waals surface area contributed by atoms with E-state index in [-0.39, 0.29) is 11.6 Å². The first kappa shape index (κ1) is 23.2. The van der Waals surface area contributed by atoms with Gasteiger partial charge in [0.05, 0.1) is 10.8 Å². The average Bonchev–Trinajstić information content (AvgIpc) is 2.79. The van der Waals surface area contributed by atoms with E-state index in [1.807, 2.05) is 0 Å². The summed E-state index contributed by atoms with van der Waals surface area (Å²) < 4.78 is 5.30. The number of amides is 2. The number of rotatable bonds is 6. The fourth-order valence-electron chi connectivity index (χ4n) is 3.33. The van der Waals surface area contributed by atoms with Crippen LogP contribution in [0.1, 0.15) is 30.1 Å². The lowest BCUT2D eigenvalue weighted by Gasteiger charge is -2.31. The van der Waals surface area contributed by atoms with Gasteiger partial charge in [0.1, 0.15) is 0 Å². The molecular formula is C22H22ClN3O6. The number of piperidine rings is 1. The summed E-state index contributed by atoms with van der Waals surface area (Å²) in [7, 11) is 0. The molecule has 0 bridgehead atoms. The lowest BCUT2D eigenvalue weighted by molar-refractivity contribution is -0.384. The molecule has 168 valence electrons. The first-order chi connectivity index (χ1) is 15.2. The third-order valence-electron chi connectivity index (χ3n) is 5.21. The molecule has 0 aromatic heterocycles. The van der Waals surface area contributed by atoms with Crippen LogP contribution in [0.2, 0.25) is 5.02 Å². The van der Waals surface area contributed by atoms with Gasteiger partial charge in [-0.05, 0) is 56.2 Å². The second-order valence-electron chi connectivity index (χ2n) is 7.45. The van der Waals surface area contributed by atoms with Gasteiger partial charge in [0.25, 0.3) is 17.5 Å². The van der Waals surface area contributed by atoms with E-state index < -0.39 is 28.8 Å². The molecule has 1 heterocycles. The van der Waals surface area contributed by atoms with Gasteiger partial charge in [-0.3, -0.25) is 24.5 Å². The van der Waals surface area contributed by atoms with Crippen LogP contribution >= 0.6 is 11.6 Å². The maximum atomic E-state index is 12.6. The topological polar surface area (TPSA) is 119 Å². The van der Waals surface area contributed by atoms with E-state index in [4.69, 9.17) is 16.3 Å². The number of nitrogens with zero attached hydrogens (tertiary/aromatic N) is 2. The van der Waals surface area contributed by atoms with E-state index >= 15 is 0 Å². The van der Waals surface area contributed by atoms with E-state index in [1.165, 1.54) is 31.2 Å². The number of hydrogen-bond donors (Lipinski definition) is 1. The largest absolute Gasteiger partial charge is 0.452 e. The average molecular weight is 460 g/mol. The smallest absolute Gasteiger partial charge is 0.309 e. The van der Waals surface area contributed by atoms with Crippen molar-refractivity contribution < 1.29 is 24.0 Å². The van der Waals surface area contributed by atoms with Crippen LogP contribution < -0.4 is 5.32 Å². The van der Waals surface area contributed by atoms with Crippen LogP contribution in [-0.2, 0) is 14.3 Å². The summed E-state index contributed by atoms with van der Waals surface area (Å²) in [6.45, 7) is 2.27. The van der Waals surface area contributed by atoms with Crippen molar-refractivity contribution in [2.45, 2.75) is 25.9 Å². The number of anilines is 1. The summed E-state index contributed by atoms with van der Waals surface area (Å²) in [6, 6.07) is 12.0. The lowest BCUT2D eigenvalue weighted by Crippen LogP contribution is -2.41. The van der Waals surface area contributed by atoms with Crippen LogP contribution in [0.5, 0.6) is 0 Å². The summed E-state index contributed by atoms with van der Waals surface area (Å²) in [6.07, 6.45) is -0.157. The number of non-ortho nitro benzene ring substituents is 1. The second kappa shape index (κ2) is 10.2. The van der Waals surface area contributed by atoms with Gasteiger partial charge in [0.2, 0.25) is 0 Å². The Kier molecular flexibility index (Phi) is 7.42. The van der Waals surface area contributed by atoms with E-state index in [0.29, 0.717) is 42.2 Å². The van der Waals surface area contributed by atoms with Crippen LogP contribution in [-0.4, -0.2) is 46.8 Å². The maximum Gasteiger partial charge on any atom is 0.309 e. The fraction of sp³-hybridized carbons (Fsp3) is 0.318. The monoisotopic (exact) mass is 459 g/mol. The van der Waals surface area contributed by atoms with Crippen molar-refractivity contribution in [1.29, 1.82) is 0 Å². The molecule has 1 aliphatic rings. The molecule has 32 heavy (non-hydrogen) atoms. The molecule has 10 heteroatoms. The molecule has 1 fully saturated rings. The molecule has 2 aromatic carbocycles. The van der Waals surface area contributed by atoms with Crippen molar-refractivity contribution in [2.75, 3.05) is 18.4 Å². The molecule has 1 N–H and O–H groups in total. The number of likely N-dealkylation sites (tertiary alicyclic amines) is 1. The molecule has 2 amide bonds. The molecule has 0 radical (unpaired) electrons. The molecule has 9 nitrogen and oxygen atoms in total. The summed E-state index contributed by atoms with van der Waals surface area (Å²) in [4.78, 5) is 49.2. The number of nitrogens with one attached hydrogen (secondary N) is 1. The zero-order valence-electron chi connectivity index (χ0n) is 17.3. The van der Waals surface area contributed by atoms with E-state index in [9.17, 15) is 24.5 Å². The van der Waals surface area contributed by atoms with Crippen molar-refractivity contribution in [2.24, 2.45) is 5.92 Å². The van der Waals surface area contributed by atoms with Gasteiger partial charge in [-0.2, -0.15) is 0 Å². The molecule has 0 saturated carbocycles. The van der Waals surface area contributed by atoms with Crippen molar-refractivity contribution >= 4 is 40.8 Å². The van der Waals surface area contributed by atoms with Crippen LogP contribution in [0.15, 0.2) is 48.5 Å². The minimum Gasteiger partial charge on any atom is -0.452 e. The van der Waals surface area contributed by atoms with Crippen molar-refractivity contribution in [3.8, 4) is 0 Å². The number of halogens is 1. The Balaban J connectivity index is 1.47. The first-order valence-electron chi connectivity index (χ1n) is 10.0. The molecule has 3 rings (SSSR count). The standard InChI is InChI=1S/C22H22ClN3O6/c1-14(20(27)24-18-6-8-19(9-7-18)26(30)31)32-22(29)16-10-12-25(13-11-16)21(28)15-2-4-17(23)5-3-15/h2-9,14,16H,10-13H2,1H3,(H,24,27). The highest BCUT2D eigenvalue weighted by Crippen LogP contribution is 2.22. The molecule has 1 aliphatic heterocycles. The number of carbonyl (C=O) groups excluding carboxylic acids is 3. The van der Waals surface area contributed by atoms with Gasteiger partial charge in [-0.25, -0.2) is 0 Å². The summed E-state index contributed by atoms with van der Waals surface area (Å²) >= 11 is 5.85. The van der Waals surface area contributed by atoms with Gasteiger partial charge in [0, 0.05) is 41.5 Å². The van der Waals surface area contributed by atoms with Crippen molar-refractivity contribution in [3.63, 3.8) is 0 Å². The zero-order chi connectivity index (χ0) is 23.3. The van der Waals surface area contributed by atoms with Crippen molar-refractivity contribution in [1.82, 2.24) is 4.90 Å². The number of nitro benzene ring substituents is 1. The summed E-state index contributed by atoms with van der Waals surface area (Å²) in [5, 5.41) is 13.8. The molecular weight excluding hydrogens is 438 g/mol. The SMILES string of the molecule is CC(OC(=O)C1CCN(C(=O)c2ccc(Cl)cc2)CC1)C(=O)Nc1ccc([N+](=O)[O-])cc1. The highest BCUT2D eigenvalue weighted by molar-refractivity contribution is 6.30. The van der Waals surface area contributed by atoms with Gasteiger partial charge in [0.15, 0.2) is 6.10 Å². The Hall–Kier alpha value is -3.46. The fourth-order valence-corrected chi connectivity index (χ4v) is 3.45. The number of nitro groups is 1. The second-order valence-corrected chi connectivity index (χ2v) is 7.88. The third-order valence-corrected chi connectivity index (χ3v) is 5.47. The van der Waals surface area contributed by atoms with Gasteiger partial charge >= 0.3 is 5.97 Å². The molecule has 1 saturated heterocycles. The zero-order valence-corrected chi connectivity index (χ0v) is 18.1. The van der Waals surface area contributed by atoms with Gasteiger partial charge in [-0.1, -0.05) is 11.6 Å². The predicted octanol–water partition coefficient (Wildman–Crippen LogP) is 3.67. The number of ether oxygens (including phenoxy) is 1. The minimum atomic E-state index is -1.04. The van der Waals surface area contributed by atoms with Gasteiger partial charge in [-0.15, -0.1) is 0 Å². The minimum absolute atomic E-state index is 0.0941. The summed E-state index contributed by atoms with van der Waals surface area (Å²) in [5.41, 5.74) is 0.799. The van der Waals surface area contributed by atoms with Crippen LogP contribution in [0, 0.1) is 16.0 Å². The Labute approximate surface area is 189 Å². The lowest BCUT2D eigenvalue weighted by atomic mass is 9.96. The quantitative estimate of drug-likeness (QED) is 0.400. The van der Waals surface area contributed by atoms with Crippen molar-refractivity contribution in [3.05, 3.63) is 69.2 Å². The van der Waals surface area contributed by atoms with Gasteiger partial charge < -0.3 is 15.0 Å². The Bertz CT molecular complexity index is 1000. The molecule has 1 unspecified atom stereocenters. The highest BCUT2D eigenvalue weighted by atomic mass is 35.5. The molecule has 0 spiro atoms. The number of esters is 1.